The van der Waals surface area contributed by atoms with E-state index in [0.29, 0.717) is 12.3 Å². The van der Waals surface area contributed by atoms with Gasteiger partial charge in [-0.25, -0.2) is 0 Å². The highest BCUT2D eigenvalue weighted by Gasteiger charge is 2.22. The second kappa shape index (κ2) is 5.63. The van der Waals surface area contributed by atoms with Crippen LogP contribution in [-0.4, -0.2) is 16.2 Å². The molecule has 0 radical (unpaired) electrons. The SMILES string of the molecule is CCC(N)Cc1noc(CC(C)C(C)(C)C)n1. The van der Waals surface area contributed by atoms with E-state index in [2.05, 4.69) is 44.8 Å². The van der Waals surface area contributed by atoms with Crippen molar-refractivity contribution in [1.29, 1.82) is 0 Å². The molecule has 1 heterocycles. The monoisotopic (exact) mass is 239 g/mol. The van der Waals surface area contributed by atoms with Gasteiger partial charge in [-0.2, -0.15) is 4.98 Å². The topological polar surface area (TPSA) is 64.9 Å². The number of hydrogen-bond donors (Lipinski definition) is 1. The van der Waals surface area contributed by atoms with E-state index >= 15 is 0 Å². The summed E-state index contributed by atoms with van der Waals surface area (Å²) >= 11 is 0. The van der Waals surface area contributed by atoms with Crippen molar-refractivity contribution in [2.75, 3.05) is 0 Å². The van der Waals surface area contributed by atoms with Gasteiger partial charge in [0.1, 0.15) is 0 Å². The smallest absolute Gasteiger partial charge is 0.226 e. The molecule has 0 aromatic carbocycles. The van der Waals surface area contributed by atoms with Crippen LogP contribution < -0.4 is 5.73 Å². The van der Waals surface area contributed by atoms with Crippen molar-refractivity contribution in [3.63, 3.8) is 0 Å². The van der Waals surface area contributed by atoms with Crippen molar-refractivity contribution in [2.24, 2.45) is 17.1 Å². The van der Waals surface area contributed by atoms with Gasteiger partial charge in [0.25, 0.3) is 0 Å². The highest BCUT2D eigenvalue weighted by Crippen LogP contribution is 2.27. The summed E-state index contributed by atoms with van der Waals surface area (Å²) in [5.74, 6) is 1.97. The van der Waals surface area contributed by atoms with Crippen LogP contribution in [0.15, 0.2) is 4.52 Å². The molecule has 0 spiro atoms. The molecule has 0 amide bonds. The van der Waals surface area contributed by atoms with Gasteiger partial charge >= 0.3 is 0 Å². The Balaban J connectivity index is 2.57. The molecule has 0 bridgehead atoms. The third kappa shape index (κ3) is 4.46. The molecule has 0 saturated heterocycles. The van der Waals surface area contributed by atoms with Crippen LogP contribution in [0.2, 0.25) is 0 Å². The van der Waals surface area contributed by atoms with Gasteiger partial charge in [0.05, 0.1) is 0 Å². The fourth-order valence-corrected chi connectivity index (χ4v) is 1.40. The molecule has 0 aliphatic rings. The Morgan fingerprint density at radius 1 is 1.29 bits per heavy atom. The fourth-order valence-electron chi connectivity index (χ4n) is 1.40. The van der Waals surface area contributed by atoms with Crippen LogP contribution in [0.3, 0.4) is 0 Å². The molecule has 98 valence electrons. The van der Waals surface area contributed by atoms with Gasteiger partial charge in [0, 0.05) is 18.9 Å². The summed E-state index contributed by atoms with van der Waals surface area (Å²) < 4.78 is 5.26. The van der Waals surface area contributed by atoms with Crippen molar-refractivity contribution in [2.45, 2.75) is 59.9 Å². The predicted octanol–water partition coefficient (Wildman–Crippen LogP) is 2.57. The number of nitrogens with zero attached hydrogens (tertiary/aromatic N) is 2. The maximum atomic E-state index is 5.86. The normalized spacial score (nSPS) is 15.9. The summed E-state index contributed by atoms with van der Waals surface area (Å²) in [4.78, 5) is 4.39. The first-order valence-electron chi connectivity index (χ1n) is 6.40. The quantitative estimate of drug-likeness (QED) is 0.857. The summed E-state index contributed by atoms with van der Waals surface area (Å²) in [6.45, 7) is 10.9. The van der Waals surface area contributed by atoms with Crippen LogP contribution in [-0.2, 0) is 12.8 Å². The minimum Gasteiger partial charge on any atom is -0.339 e. The highest BCUT2D eigenvalue weighted by molar-refractivity contribution is 4.91. The maximum Gasteiger partial charge on any atom is 0.226 e. The Morgan fingerprint density at radius 2 is 1.94 bits per heavy atom. The molecule has 2 unspecified atom stereocenters. The lowest BCUT2D eigenvalue weighted by atomic mass is 9.80. The van der Waals surface area contributed by atoms with Crippen LogP contribution in [0.4, 0.5) is 0 Å². The van der Waals surface area contributed by atoms with Gasteiger partial charge < -0.3 is 10.3 Å². The average Bonchev–Trinajstić information content (AvgIpc) is 2.64. The van der Waals surface area contributed by atoms with Crippen molar-refractivity contribution >= 4 is 0 Å². The Morgan fingerprint density at radius 3 is 2.47 bits per heavy atom. The van der Waals surface area contributed by atoms with E-state index in [1.54, 1.807) is 0 Å². The zero-order chi connectivity index (χ0) is 13.1. The molecule has 4 nitrogen and oxygen atoms in total. The fraction of sp³-hybridized carbons (Fsp3) is 0.846. The predicted molar refractivity (Wildman–Crippen MR) is 68.6 cm³/mol. The first-order chi connectivity index (χ1) is 7.82. The van der Waals surface area contributed by atoms with Crippen LogP contribution in [0, 0.1) is 11.3 Å². The molecule has 0 fully saturated rings. The Hall–Kier alpha value is -0.900. The lowest BCUT2D eigenvalue weighted by Gasteiger charge is -2.25. The largest absolute Gasteiger partial charge is 0.339 e. The van der Waals surface area contributed by atoms with Crippen molar-refractivity contribution in [3.8, 4) is 0 Å². The summed E-state index contributed by atoms with van der Waals surface area (Å²) in [6, 6.07) is 0.125. The summed E-state index contributed by atoms with van der Waals surface area (Å²) in [6.07, 6.45) is 2.46. The minimum atomic E-state index is 0.125. The minimum absolute atomic E-state index is 0.125. The van der Waals surface area contributed by atoms with Crippen molar-refractivity contribution in [1.82, 2.24) is 10.1 Å². The van der Waals surface area contributed by atoms with Gasteiger partial charge in [0.2, 0.25) is 5.89 Å². The molecule has 4 heteroatoms. The number of nitrogens with two attached hydrogens (primary N) is 1. The highest BCUT2D eigenvalue weighted by atomic mass is 16.5. The third-order valence-corrected chi connectivity index (χ3v) is 3.44. The van der Waals surface area contributed by atoms with Crippen LogP contribution >= 0.6 is 0 Å². The molecule has 0 aliphatic carbocycles. The third-order valence-electron chi connectivity index (χ3n) is 3.44. The van der Waals surface area contributed by atoms with Gasteiger partial charge in [-0.05, 0) is 17.8 Å². The summed E-state index contributed by atoms with van der Waals surface area (Å²) in [7, 11) is 0. The van der Waals surface area contributed by atoms with E-state index < -0.39 is 0 Å². The van der Waals surface area contributed by atoms with E-state index in [4.69, 9.17) is 10.3 Å². The molecule has 0 saturated carbocycles. The van der Waals surface area contributed by atoms with E-state index in [9.17, 15) is 0 Å². The van der Waals surface area contributed by atoms with E-state index in [1.807, 2.05) is 0 Å². The maximum absolute atomic E-state index is 5.86. The zero-order valence-electron chi connectivity index (χ0n) is 11.7. The lowest BCUT2D eigenvalue weighted by molar-refractivity contribution is 0.236. The molecule has 17 heavy (non-hydrogen) atoms. The number of aromatic nitrogens is 2. The van der Waals surface area contributed by atoms with Crippen LogP contribution in [0.25, 0.3) is 0 Å². The van der Waals surface area contributed by atoms with E-state index in [1.165, 1.54) is 0 Å². The number of hydrogen-bond acceptors (Lipinski definition) is 4. The molecule has 2 N–H and O–H groups in total. The molecule has 1 aromatic heterocycles. The first-order valence-corrected chi connectivity index (χ1v) is 6.40. The van der Waals surface area contributed by atoms with Crippen molar-refractivity contribution < 1.29 is 4.52 Å². The van der Waals surface area contributed by atoms with Gasteiger partial charge in [-0.15, -0.1) is 0 Å². The molecular formula is C13H25N3O. The molecule has 2 atom stereocenters. The van der Waals surface area contributed by atoms with Crippen molar-refractivity contribution in [3.05, 3.63) is 11.7 Å². The Kier molecular flexibility index (Phi) is 4.69. The van der Waals surface area contributed by atoms with E-state index in [-0.39, 0.29) is 11.5 Å². The second-order valence-electron chi connectivity index (χ2n) is 5.95. The number of rotatable bonds is 5. The van der Waals surface area contributed by atoms with Gasteiger partial charge in [-0.1, -0.05) is 39.8 Å². The van der Waals surface area contributed by atoms with E-state index in [0.717, 1.165) is 24.6 Å². The van der Waals surface area contributed by atoms with Gasteiger partial charge in [0.15, 0.2) is 5.82 Å². The van der Waals surface area contributed by atoms with Crippen LogP contribution in [0.5, 0.6) is 0 Å². The zero-order valence-corrected chi connectivity index (χ0v) is 11.7. The lowest BCUT2D eigenvalue weighted by Crippen LogP contribution is -2.22. The second-order valence-corrected chi connectivity index (χ2v) is 5.95. The Labute approximate surface area is 104 Å². The summed E-state index contributed by atoms with van der Waals surface area (Å²) in [5.41, 5.74) is 6.12. The Bertz CT molecular complexity index is 341. The standard InChI is InChI=1S/C13H25N3O/c1-6-10(14)8-11-15-12(17-16-11)7-9(2)13(3,4)5/h9-10H,6-8,14H2,1-5H3. The molecule has 1 rings (SSSR count). The molecular weight excluding hydrogens is 214 g/mol. The molecule has 0 aliphatic heterocycles. The van der Waals surface area contributed by atoms with Crippen LogP contribution in [0.1, 0.15) is 52.8 Å². The summed E-state index contributed by atoms with van der Waals surface area (Å²) in [5, 5.41) is 3.97. The average molecular weight is 239 g/mol. The van der Waals surface area contributed by atoms with Gasteiger partial charge in [-0.3, -0.25) is 0 Å². The molecule has 1 aromatic rings. The first kappa shape index (κ1) is 14.2.